The number of hydrogen-bond donors (Lipinski definition) is 2. The highest BCUT2D eigenvalue weighted by molar-refractivity contribution is 9.10. The van der Waals surface area contributed by atoms with Gasteiger partial charge in [0.2, 0.25) is 0 Å². The fraction of sp³-hybridized carbons (Fsp3) is 0.222. The predicted octanol–water partition coefficient (Wildman–Crippen LogP) is 5.36. The maximum Gasteiger partial charge on any atom is 0.411 e. The van der Waals surface area contributed by atoms with Crippen molar-refractivity contribution in [2.45, 2.75) is 12.8 Å². The third kappa shape index (κ3) is 4.18. The lowest BCUT2D eigenvalue weighted by Gasteiger charge is -2.45. The molecule has 1 saturated heterocycles. The van der Waals surface area contributed by atoms with Gasteiger partial charge in [-0.15, -0.1) is 0 Å². The zero-order valence-corrected chi connectivity index (χ0v) is 20.5. The molecule has 2 aliphatic rings. The van der Waals surface area contributed by atoms with Gasteiger partial charge in [-0.25, -0.2) is 4.79 Å². The largest absolute Gasteiger partial charge is 0.481 e. The Morgan fingerprint density at radius 3 is 2.23 bits per heavy atom. The van der Waals surface area contributed by atoms with Gasteiger partial charge < -0.3 is 14.7 Å². The number of fused-ring (bicyclic) bond motifs is 3. The summed E-state index contributed by atoms with van der Waals surface area (Å²) in [5.74, 6) is -1.36. The molecule has 1 aliphatic carbocycles. The van der Waals surface area contributed by atoms with E-state index >= 15 is 0 Å². The molecule has 1 heterocycles. The van der Waals surface area contributed by atoms with E-state index in [4.69, 9.17) is 4.74 Å². The molecule has 0 atom stereocenters. The summed E-state index contributed by atoms with van der Waals surface area (Å²) in [6.07, 6.45) is -0.669. The molecule has 0 bridgehead atoms. The van der Waals surface area contributed by atoms with E-state index in [1.807, 2.05) is 36.4 Å². The molecule has 1 fully saturated rings. The number of benzene rings is 3. The third-order valence-electron chi connectivity index (χ3n) is 6.68. The molecular weight excluding hydrogens is 512 g/mol. The van der Waals surface area contributed by atoms with Crippen molar-refractivity contribution >= 4 is 39.6 Å². The molecule has 0 saturated carbocycles. The number of halogens is 1. The molecule has 3 aromatic carbocycles. The molecule has 5 rings (SSSR count). The molecule has 1 aliphatic heterocycles. The highest BCUT2D eigenvalue weighted by atomic mass is 79.9. The lowest BCUT2D eigenvalue weighted by atomic mass is 9.81. The van der Waals surface area contributed by atoms with Gasteiger partial charge >= 0.3 is 12.1 Å². The summed E-state index contributed by atoms with van der Waals surface area (Å²) >= 11 is 3.37. The second-order valence-corrected chi connectivity index (χ2v) is 10.1. The lowest BCUT2D eigenvalue weighted by molar-refractivity contribution is -0.155. The summed E-state index contributed by atoms with van der Waals surface area (Å²) in [6, 6.07) is 21.1. The summed E-state index contributed by atoms with van der Waals surface area (Å²) in [6.45, 7) is 1.99. The van der Waals surface area contributed by atoms with Crippen LogP contribution in [0.15, 0.2) is 71.2 Å². The Labute approximate surface area is 210 Å². The Kier molecular flexibility index (Phi) is 5.84. The number of carboxylic acid groups (broad SMARTS) is 1. The molecule has 3 aromatic rings. The molecular formula is C27H23BrN2O5. The van der Waals surface area contributed by atoms with Crippen LogP contribution in [0.25, 0.3) is 11.1 Å². The molecule has 0 spiro atoms. The van der Waals surface area contributed by atoms with Gasteiger partial charge in [0, 0.05) is 23.5 Å². The summed E-state index contributed by atoms with van der Waals surface area (Å²) < 4.78 is 6.30. The van der Waals surface area contributed by atoms with Crippen molar-refractivity contribution in [2.24, 2.45) is 5.41 Å². The van der Waals surface area contributed by atoms with E-state index in [1.54, 1.807) is 25.1 Å². The van der Waals surface area contributed by atoms with Crippen LogP contribution in [0.2, 0.25) is 0 Å². The van der Waals surface area contributed by atoms with Crippen molar-refractivity contribution in [3.8, 4) is 11.1 Å². The minimum atomic E-state index is -0.953. The lowest BCUT2D eigenvalue weighted by Crippen LogP contribution is -2.60. The molecule has 178 valence electrons. The Bertz CT molecular complexity index is 1300. The minimum Gasteiger partial charge on any atom is -0.481 e. The first-order chi connectivity index (χ1) is 16.8. The van der Waals surface area contributed by atoms with E-state index in [0.717, 1.165) is 22.3 Å². The fourth-order valence-corrected chi connectivity index (χ4v) is 5.16. The summed E-state index contributed by atoms with van der Waals surface area (Å²) in [7, 11) is 0. The molecule has 2 amide bonds. The number of nitrogens with one attached hydrogen (secondary N) is 1. The van der Waals surface area contributed by atoms with E-state index in [1.165, 1.54) is 4.90 Å². The number of rotatable bonds is 5. The van der Waals surface area contributed by atoms with Crippen molar-refractivity contribution in [1.82, 2.24) is 4.90 Å². The van der Waals surface area contributed by atoms with Gasteiger partial charge in [-0.2, -0.15) is 0 Å². The smallest absolute Gasteiger partial charge is 0.411 e. The maximum atomic E-state index is 13.0. The molecule has 0 aromatic heterocycles. The van der Waals surface area contributed by atoms with Gasteiger partial charge in [0.25, 0.3) is 5.91 Å². The van der Waals surface area contributed by atoms with E-state index in [-0.39, 0.29) is 37.1 Å². The van der Waals surface area contributed by atoms with Gasteiger partial charge in [0.05, 0.1) is 11.3 Å². The summed E-state index contributed by atoms with van der Waals surface area (Å²) in [5.41, 5.74) is 4.11. The van der Waals surface area contributed by atoms with Crippen molar-refractivity contribution < 1.29 is 24.2 Å². The van der Waals surface area contributed by atoms with E-state index in [9.17, 15) is 19.5 Å². The number of nitrogens with zero attached hydrogens (tertiary/aromatic N) is 1. The number of hydrogen-bond acceptors (Lipinski definition) is 4. The van der Waals surface area contributed by atoms with Gasteiger partial charge in [-0.3, -0.25) is 14.9 Å². The topological polar surface area (TPSA) is 95.9 Å². The highest BCUT2D eigenvalue weighted by Gasteiger charge is 2.47. The van der Waals surface area contributed by atoms with Crippen LogP contribution in [0, 0.1) is 5.41 Å². The normalized spacial score (nSPS) is 15.5. The zero-order valence-electron chi connectivity index (χ0n) is 19.0. The number of amides is 2. The number of anilines is 1. The minimum absolute atomic E-state index is 0.0773. The summed E-state index contributed by atoms with van der Waals surface area (Å²) in [5, 5.41) is 12.0. The number of carbonyl (C=O) groups is 3. The van der Waals surface area contributed by atoms with Gasteiger partial charge in [0.15, 0.2) is 0 Å². The Morgan fingerprint density at radius 2 is 1.63 bits per heavy atom. The SMILES string of the molecule is CC1(C(=O)O)CN(C(=O)c2ccc(Br)cc2NC(=O)OCC2c3ccccc3-c3ccccc32)C1. The molecule has 8 heteroatoms. The standard InChI is InChI=1S/C27H23BrN2O5/c1-27(25(32)33)14-30(15-27)24(31)21-11-10-16(28)12-23(21)29-26(34)35-13-22-19-8-4-2-6-17(19)18-7-3-5-9-20(18)22/h2-12,22H,13-15H2,1H3,(H,29,34)(H,32,33). The number of carbonyl (C=O) groups excluding carboxylic acids is 2. The number of carboxylic acids is 1. The van der Waals surface area contributed by atoms with Crippen LogP contribution >= 0.6 is 15.9 Å². The van der Waals surface area contributed by atoms with E-state index in [2.05, 4.69) is 33.4 Å². The zero-order chi connectivity index (χ0) is 24.7. The second-order valence-electron chi connectivity index (χ2n) is 9.17. The highest BCUT2D eigenvalue weighted by Crippen LogP contribution is 2.44. The van der Waals surface area contributed by atoms with Crippen molar-refractivity contribution in [3.63, 3.8) is 0 Å². The number of aliphatic carboxylic acids is 1. The van der Waals surface area contributed by atoms with E-state index in [0.29, 0.717) is 10.2 Å². The monoisotopic (exact) mass is 534 g/mol. The fourth-order valence-electron chi connectivity index (χ4n) is 4.80. The van der Waals surface area contributed by atoms with Gasteiger partial charge in [-0.05, 0) is 47.4 Å². The second kappa shape index (κ2) is 8.85. The molecule has 7 nitrogen and oxygen atoms in total. The Morgan fingerprint density at radius 1 is 1.03 bits per heavy atom. The number of ether oxygens (including phenoxy) is 1. The van der Waals surface area contributed by atoms with Crippen LogP contribution in [-0.2, 0) is 9.53 Å². The van der Waals surface area contributed by atoms with Crippen molar-refractivity contribution in [3.05, 3.63) is 87.9 Å². The van der Waals surface area contributed by atoms with E-state index < -0.39 is 17.5 Å². The van der Waals surface area contributed by atoms with Crippen molar-refractivity contribution in [2.75, 3.05) is 25.0 Å². The van der Waals surface area contributed by atoms with Crippen LogP contribution in [0.3, 0.4) is 0 Å². The summed E-state index contributed by atoms with van der Waals surface area (Å²) in [4.78, 5) is 38.6. The van der Waals surface area contributed by atoms with Crippen LogP contribution in [-0.4, -0.2) is 47.7 Å². The molecule has 2 N–H and O–H groups in total. The predicted molar refractivity (Wildman–Crippen MR) is 134 cm³/mol. The first-order valence-corrected chi connectivity index (χ1v) is 12.0. The van der Waals surface area contributed by atoms with Crippen molar-refractivity contribution in [1.29, 1.82) is 0 Å². The van der Waals surface area contributed by atoms with Crippen LogP contribution in [0.5, 0.6) is 0 Å². The Balaban J connectivity index is 1.29. The van der Waals surface area contributed by atoms with Crippen LogP contribution in [0.4, 0.5) is 10.5 Å². The van der Waals surface area contributed by atoms with Crippen LogP contribution in [0.1, 0.15) is 34.3 Å². The van der Waals surface area contributed by atoms with Gasteiger partial charge in [-0.1, -0.05) is 64.5 Å². The molecule has 0 unspecified atom stereocenters. The molecule has 0 radical (unpaired) electrons. The first kappa shape index (κ1) is 23.1. The third-order valence-corrected chi connectivity index (χ3v) is 7.17. The van der Waals surface area contributed by atoms with Crippen LogP contribution < -0.4 is 5.32 Å². The quantitative estimate of drug-likeness (QED) is 0.459. The average Bonchev–Trinajstić information content (AvgIpc) is 3.14. The first-order valence-electron chi connectivity index (χ1n) is 11.2. The number of likely N-dealkylation sites (tertiary alicyclic amines) is 1. The average molecular weight is 535 g/mol. The van der Waals surface area contributed by atoms with Gasteiger partial charge in [0.1, 0.15) is 12.0 Å². The maximum absolute atomic E-state index is 13.0. The molecule has 35 heavy (non-hydrogen) atoms. The Hall–Kier alpha value is -3.65.